The van der Waals surface area contributed by atoms with Gasteiger partial charge in [-0.1, -0.05) is 25.1 Å². The molecular weight excluding hydrogens is 601 g/mol. The normalized spacial score (nSPS) is 16.0. The Kier molecular flexibility index (Phi) is 11.3. The monoisotopic (exact) mass is 643 g/mol. The smallest absolute Gasteiger partial charge is 0.324 e. The molecule has 0 saturated carbocycles. The third-order valence-electron chi connectivity index (χ3n) is 8.06. The summed E-state index contributed by atoms with van der Waals surface area (Å²) in [6.07, 6.45) is 5.82. The zero-order chi connectivity index (χ0) is 32.5. The van der Waals surface area contributed by atoms with Crippen molar-refractivity contribution in [2.75, 3.05) is 49.5 Å². The molecule has 1 saturated heterocycles. The molecule has 0 spiro atoms. The number of pyridine rings is 1. The lowest BCUT2D eigenvalue weighted by Crippen LogP contribution is -2.46. The maximum Gasteiger partial charge on any atom is 0.329 e. The van der Waals surface area contributed by atoms with Crippen molar-refractivity contribution in [2.24, 2.45) is 0 Å². The number of piperazine rings is 1. The Balaban J connectivity index is 1.11. The second-order valence-electron chi connectivity index (χ2n) is 11.6. The van der Waals surface area contributed by atoms with Gasteiger partial charge in [0, 0.05) is 80.4 Å². The number of amides is 1. The molecule has 46 heavy (non-hydrogen) atoms. The van der Waals surface area contributed by atoms with Gasteiger partial charge in [0.25, 0.3) is 5.91 Å². The highest BCUT2D eigenvalue weighted by Gasteiger charge is 2.25. The van der Waals surface area contributed by atoms with Crippen molar-refractivity contribution < 1.29 is 18.8 Å². The molecule has 1 aliphatic heterocycles. The standard InChI is InChI=1S/C34H42N7O4P/c1-4-26(3)45-46(43,44)21-20-40-16-18-41(19-17-40)24-27-8-10-28(11-9-27)33(42)37-30-12-7-25(2)32(22-30)39-34-36-15-13-31(38-34)29-6-5-14-35-23-29/h5-15,22-23,26H,4,16-21,24H2,1-3H3,(H,37,42)(H,43,44)(H,36,38,39). The van der Waals surface area contributed by atoms with E-state index in [0.29, 0.717) is 30.2 Å². The topological polar surface area (TPSA) is 133 Å². The van der Waals surface area contributed by atoms with Gasteiger partial charge in [0.1, 0.15) is 0 Å². The molecule has 5 rings (SSSR count). The van der Waals surface area contributed by atoms with E-state index in [9.17, 15) is 14.3 Å². The van der Waals surface area contributed by atoms with Crippen LogP contribution in [0.25, 0.3) is 11.3 Å². The summed E-state index contributed by atoms with van der Waals surface area (Å²) in [5.74, 6) is 0.260. The molecule has 11 nitrogen and oxygen atoms in total. The van der Waals surface area contributed by atoms with Gasteiger partial charge in [-0.05, 0) is 73.9 Å². The predicted molar refractivity (Wildman–Crippen MR) is 181 cm³/mol. The summed E-state index contributed by atoms with van der Waals surface area (Å²) in [6.45, 7) is 10.5. The minimum absolute atomic E-state index is 0.149. The van der Waals surface area contributed by atoms with Crippen molar-refractivity contribution in [1.29, 1.82) is 0 Å². The fourth-order valence-electron chi connectivity index (χ4n) is 5.12. The van der Waals surface area contributed by atoms with E-state index in [2.05, 4.69) is 35.4 Å². The number of rotatable bonds is 13. The Bertz CT molecular complexity index is 1650. The Hall–Kier alpha value is -3.99. The average molecular weight is 644 g/mol. The molecular formula is C34H42N7O4P. The first-order valence-corrected chi connectivity index (χ1v) is 17.4. The fourth-order valence-corrected chi connectivity index (χ4v) is 6.47. The van der Waals surface area contributed by atoms with Crippen molar-refractivity contribution >= 4 is 30.8 Å². The first kappa shape index (κ1) is 33.4. The van der Waals surface area contributed by atoms with Crippen LogP contribution in [0.2, 0.25) is 0 Å². The average Bonchev–Trinajstić information content (AvgIpc) is 3.06. The maximum absolute atomic E-state index is 13.1. The van der Waals surface area contributed by atoms with Gasteiger partial charge < -0.3 is 25.0 Å². The number of hydrogen-bond donors (Lipinski definition) is 3. The van der Waals surface area contributed by atoms with Crippen molar-refractivity contribution in [3.8, 4) is 11.3 Å². The molecule has 1 amide bonds. The molecule has 1 aliphatic rings. The van der Waals surface area contributed by atoms with Crippen LogP contribution in [0.15, 0.2) is 79.3 Å². The summed E-state index contributed by atoms with van der Waals surface area (Å²) in [6, 6.07) is 19.0. The van der Waals surface area contributed by atoms with E-state index in [1.807, 2.05) is 81.4 Å². The second kappa shape index (κ2) is 15.5. The van der Waals surface area contributed by atoms with Crippen molar-refractivity contribution in [2.45, 2.75) is 39.8 Å². The molecule has 242 valence electrons. The van der Waals surface area contributed by atoms with Crippen LogP contribution in [0.4, 0.5) is 17.3 Å². The molecule has 3 heterocycles. The van der Waals surface area contributed by atoms with E-state index >= 15 is 0 Å². The van der Waals surface area contributed by atoms with E-state index in [4.69, 9.17) is 4.52 Å². The van der Waals surface area contributed by atoms with Gasteiger partial charge in [-0.15, -0.1) is 0 Å². The highest BCUT2D eigenvalue weighted by atomic mass is 31.2. The lowest BCUT2D eigenvalue weighted by atomic mass is 10.1. The number of hydrogen-bond acceptors (Lipinski definition) is 9. The summed E-state index contributed by atoms with van der Waals surface area (Å²) in [4.78, 5) is 40.9. The number of carbonyl (C=O) groups is 1. The summed E-state index contributed by atoms with van der Waals surface area (Å²) in [5, 5.41) is 6.28. The van der Waals surface area contributed by atoms with Gasteiger partial charge in [0.2, 0.25) is 5.95 Å². The molecule has 3 N–H and O–H groups in total. The summed E-state index contributed by atoms with van der Waals surface area (Å²) in [5.41, 5.74) is 5.80. The highest BCUT2D eigenvalue weighted by molar-refractivity contribution is 7.52. The Morgan fingerprint density at radius 1 is 1.04 bits per heavy atom. The zero-order valence-electron chi connectivity index (χ0n) is 26.6. The lowest BCUT2D eigenvalue weighted by Gasteiger charge is -2.35. The number of carbonyl (C=O) groups excluding carboxylic acids is 1. The Labute approximate surface area is 270 Å². The van der Waals surface area contributed by atoms with Crippen LogP contribution in [0.5, 0.6) is 0 Å². The van der Waals surface area contributed by atoms with E-state index < -0.39 is 7.60 Å². The van der Waals surface area contributed by atoms with Crippen LogP contribution in [-0.2, 0) is 15.6 Å². The lowest BCUT2D eigenvalue weighted by molar-refractivity contribution is 0.102. The van der Waals surface area contributed by atoms with Gasteiger partial charge in [-0.2, -0.15) is 0 Å². The van der Waals surface area contributed by atoms with E-state index in [1.165, 1.54) is 0 Å². The van der Waals surface area contributed by atoms with Gasteiger partial charge in [0.05, 0.1) is 18.0 Å². The molecule has 12 heteroatoms. The van der Waals surface area contributed by atoms with E-state index in [-0.39, 0.29) is 18.2 Å². The number of aryl methyl sites for hydroxylation is 1. The van der Waals surface area contributed by atoms with Crippen LogP contribution < -0.4 is 10.6 Å². The first-order chi connectivity index (χ1) is 22.2. The highest BCUT2D eigenvalue weighted by Crippen LogP contribution is 2.43. The number of nitrogens with one attached hydrogen (secondary N) is 2. The van der Waals surface area contributed by atoms with Crippen LogP contribution >= 0.6 is 7.60 Å². The van der Waals surface area contributed by atoms with Crippen molar-refractivity contribution in [3.63, 3.8) is 0 Å². The summed E-state index contributed by atoms with van der Waals surface area (Å²) in [7, 11) is -3.57. The molecule has 0 radical (unpaired) electrons. The largest absolute Gasteiger partial charge is 0.329 e. The van der Waals surface area contributed by atoms with Crippen LogP contribution in [0.3, 0.4) is 0 Å². The molecule has 1 fully saturated rings. The van der Waals surface area contributed by atoms with Crippen molar-refractivity contribution in [3.05, 3.63) is 95.9 Å². The zero-order valence-corrected chi connectivity index (χ0v) is 27.5. The third kappa shape index (κ3) is 9.51. The fraction of sp³-hybridized carbons (Fsp3) is 0.353. The Morgan fingerprint density at radius 2 is 1.80 bits per heavy atom. The number of anilines is 3. The summed E-state index contributed by atoms with van der Waals surface area (Å²) >= 11 is 0. The van der Waals surface area contributed by atoms with Gasteiger partial charge >= 0.3 is 7.60 Å². The van der Waals surface area contributed by atoms with Gasteiger partial charge in [-0.25, -0.2) is 9.97 Å². The van der Waals surface area contributed by atoms with Gasteiger partial charge in [0.15, 0.2) is 0 Å². The van der Waals surface area contributed by atoms with Crippen LogP contribution in [0, 0.1) is 6.92 Å². The number of nitrogens with zero attached hydrogens (tertiary/aromatic N) is 5. The third-order valence-corrected chi connectivity index (χ3v) is 9.51. The number of aromatic nitrogens is 3. The molecule has 0 aliphatic carbocycles. The second-order valence-corrected chi connectivity index (χ2v) is 13.5. The van der Waals surface area contributed by atoms with E-state index in [1.54, 1.807) is 18.6 Å². The minimum atomic E-state index is -3.57. The number of benzene rings is 2. The minimum Gasteiger partial charge on any atom is -0.324 e. The quantitative estimate of drug-likeness (QED) is 0.150. The van der Waals surface area contributed by atoms with Gasteiger partial charge in [-0.3, -0.25) is 19.2 Å². The predicted octanol–water partition coefficient (Wildman–Crippen LogP) is 5.96. The first-order valence-electron chi connectivity index (χ1n) is 15.6. The molecule has 2 aromatic heterocycles. The summed E-state index contributed by atoms with van der Waals surface area (Å²) < 4.78 is 17.6. The molecule has 0 bridgehead atoms. The molecule has 2 atom stereocenters. The Morgan fingerprint density at radius 3 is 2.52 bits per heavy atom. The maximum atomic E-state index is 13.1. The van der Waals surface area contributed by atoms with Crippen molar-refractivity contribution in [1.82, 2.24) is 24.8 Å². The SMILES string of the molecule is CCC(C)OP(=O)(O)CCN1CCN(Cc2ccc(C(=O)Nc3ccc(C)c(Nc4nccc(-c5cccnc5)n4)c3)cc2)CC1. The molecule has 4 aromatic rings. The van der Waals surface area contributed by atoms with E-state index in [0.717, 1.165) is 60.8 Å². The molecule has 2 aromatic carbocycles. The van der Waals surface area contributed by atoms with Crippen LogP contribution in [-0.4, -0.2) is 80.5 Å². The molecule has 2 unspecified atom stereocenters. The van der Waals surface area contributed by atoms with Crippen LogP contribution in [0.1, 0.15) is 41.8 Å².